The second-order valence-corrected chi connectivity index (χ2v) is 7.75. The summed E-state index contributed by atoms with van der Waals surface area (Å²) in [6.45, 7) is 1.49. The lowest BCUT2D eigenvalue weighted by Crippen LogP contribution is -2.16. The highest BCUT2D eigenvalue weighted by atomic mass is 79.9. The van der Waals surface area contributed by atoms with E-state index in [1.165, 1.54) is 23.3 Å². The largest absolute Gasteiger partial charge is 0.488 e. The lowest BCUT2D eigenvalue weighted by atomic mass is 10.2. The van der Waals surface area contributed by atoms with Crippen molar-refractivity contribution in [2.45, 2.75) is 32.0 Å². The molecule has 0 unspecified atom stereocenters. The monoisotopic (exact) mass is 415 g/mol. The van der Waals surface area contributed by atoms with E-state index in [1.54, 1.807) is 11.3 Å². The molecular weight excluding hydrogens is 402 g/mol. The van der Waals surface area contributed by atoms with Gasteiger partial charge in [-0.05, 0) is 53.0 Å². The van der Waals surface area contributed by atoms with Gasteiger partial charge in [0.05, 0.1) is 0 Å². The summed E-state index contributed by atoms with van der Waals surface area (Å²) in [5, 5.41) is 5.62. The van der Waals surface area contributed by atoms with E-state index in [0.717, 1.165) is 21.2 Å². The maximum atomic E-state index is 5.97. The second-order valence-electron chi connectivity index (χ2n) is 4.93. The van der Waals surface area contributed by atoms with Crippen molar-refractivity contribution in [2.75, 3.05) is 0 Å². The smallest absolute Gasteiger partial charge is 0.124 e. The minimum Gasteiger partial charge on any atom is -0.488 e. The van der Waals surface area contributed by atoms with Crippen LogP contribution in [0.25, 0.3) is 0 Å². The Morgan fingerprint density at radius 3 is 2.75 bits per heavy atom. The Morgan fingerprint density at radius 2 is 2.05 bits per heavy atom. The number of halogens is 2. The number of hydrogen-bond donors (Lipinski definition) is 1. The minimum absolute atomic E-state index is 0.619. The average Bonchev–Trinajstić information content (AvgIpc) is 3.17. The molecule has 0 bridgehead atoms. The van der Waals surface area contributed by atoms with E-state index in [-0.39, 0.29) is 0 Å². The molecule has 1 saturated carbocycles. The predicted octanol–water partition coefficient (Wildman–Crippen LogP) is 5.10. The van der Waals surface area contributed by atoms with Crippen molar-refractivity contribution in [1.29, 1.82) is 0 Å². The highest BCUT2D eigenvalue weighted by Gasteiger charge is 2.20. The van der Waals surface area contributed by atoms with Gasteiger partial charge in [-0.2, -0.15) is 0 Å². The van der Waals surface area contributed by atoms with Crippen LogP contribution in [0.5, 0.6) is 5.75 Å². The molecule has 1 aliphatic carbocycles. The van der Waals surface area contributed by atoms with Gasteiger partial charge < -0.3 is 10.1 Å². The third-order valence-corrected chi connectivity index (χ3v) is 5.34. The van der Waals surface area contributed by atoms with Crippen LogP contribution in [0.2, 0.25) is 0 Å². The van der Waals surface area contributed by atoms with Crippen LogP contribution in [0.4, 0.5) is 0 Å². The molecule has 0 aliphatic heterocycles. The van der Waals surface area contributed by atoms with E-state index in [9.17, 15) is 0 Å². The van der Waals surface area contributed by atoms with Crippen molar-refractivity contribution in [3.8, 4) is 5.75 Å². The number of benzene rings is 1. The first-order chi connectivity index (χ1) is 9.70. The fourth-order valence-electron chi connectivity index (χ4n) is 1.95. The SMILES string of the molecule is Brc1csc(COc2ccc(Br)cc2CNC2CC2)c1. The van der Waals surface area contributed by atoms with Gasteiger partial charge in [0, 0.05) is 37.4 Å². The van der Waals surface area contributed by atoms with E-state index in [2.05, 4.69) is 54.7 Å². The third kappa shape index (κ3) is 4.07. The molecule has 1 aromatic carbocycles. The number of hydrogen-bond acceptors (Lipinski definition) is 3. The third-order valence-electron chi connectivity index (χ3n) is 3.17. The lowest BCUT2D eigenvalue weighted by molar-refractivity contribution is 0.305. The molecule has 0 radical (unpaired) electrons. The van der Waals surface area contributed by atoms with Crippen LogP contribution in [0.3, 0.4) is 0 Å². The van der Waals surface area contributed by atoms with Crippen molar-refractivity contribution in [1.82, 2.24) is 5.32 Å². The van der Waals surface area contributed by atoms with Crippen LogP contribution >= 0.6 is 43.2 Å². The Kier molecular flexibility index (Phi) is 4.81. The van der Waals surface area contributed by atoms with E-state index in [4.69, 9.17) is 4.74 Å². The summed E-state index contributed by atoms with van der Waals surface area (Å²) in [6, 6.07) is 9.01. The van der Waals surface area contributed by atoms with E-state index < -0.39 is 0 Å². The minimum atomic E-state index is 0.619. The molecule has 3 rings (SSSR count). The number of nitrogens with one attached hydrogen (secondary N) is 1. The lowest BCUT2D eigenvalue weighted by Gasteiger charge is -2.12. The van der Waals surface area contributed by atoms with E-state index in [1.807, 2.05) is 12.1 Å². The van der Waals surface area contributed by atoms with Crippen molar-refractivity contribution in [3.05, 3.63) is 49.0 Å². The fraction of sp³-hybridized carbons (Fsp3) is 0.333. The Bertz CT molecular complexity index is 595. The summed E-state index contributed by atoms with van der Waals surface area (Å²) < 4.78 is 8.18. The highest BCUT2D eigenvalue weighted by Crippen LogP contribution is 2.27. The number of ether oxygens (including phenoxy) is 1. The maximum absolute atomic E-state index is 5.97. The Morgan fingerprint density at radius 1 is 1.20 bits per heavy atom. The zero-order valence-electron chi connectivity index (χ0n) is 10.9. The molecule has 106 valence electrons. The summed E-state index contributed by atoms with van der Waals surface area (Å²) >= 11 is 8.71. The van der Waals surface area contributed by atoms with Gasteiger partial charge in [0.15, 0.2) is 0 Å². The first kappa shape index (κ1) is 14.6. The van der Waals surface area contributed by atoms with Crippen molar-refractivity contribution >= 4 is 43.2 Å². The van der Waals surface area contributed by atoms with Gasteiger partial charge in [0.1, 0.15) is 12.4 Å². The Labute approximate surface area is 139 Å². The molecule has 0 spiro atoms. The fourth-order valence-corrected chi connectivity index (χ4v) is 3.72. The van der Waals surface area contributed by atoms with Gasteiger partial charge >= 0.3 is 0 Å². The molecule has 0 atom stereocenters. The summed E-state index contributed by atoms with van der Waals surface area (Å²) in [7, 11) is 0. The van der Waals surface area contributed by atoms with Gasteiger partial charge in [-0.15, -0.1) is 11.3 Å². The normalized spacial score (nSPS) is 14.5. The molecular formula is C15H15Br2NOS. The molecule has 1 heterocycles. The van der Waals surface area contributed by atoms with Gasteiger partial charge in [-0.1, -0.05) is 15.9 Å². The molecule has 1 aromatic heterocycles. The van der Waals surface area contributed by atoms with Crippen molar-refractivity contribution < 1.29 is 4.74 Å². The standard InChI is InChI=1S/C15H15Br2NOS/c16-11-1-4-15(10(5-11)7-18-13-2-3-13)19-8-14-6-12(17)9-20-14/h1,4-6,9,13,18H,2-3,7-8H2. The molecule has 5 heteroatoms. The van der Waals surface area contributed by atoms with Gasteiger partial charge in [-0.25, -0.2) is 0 Å². The quantitative estimate of drug-likeness (QED) is 0.706. The Hall–Kier alpha value is -0.360. The molecule has 1 N–H and O–H groups in total. The molecule has 2 nitrogen and oxygen atoms in total. The second kappa shape index (κ2) is 6.60. The number of thiophene rings is 1. The summed E-state index contributed by atoms with van der Waals surface area (Å²) in [6.07, 6.45) is 2.60. The van der Waals surface area contributed by atoms with Gasteiger partial charge in [-0.3, -0.25) is 0 Å². The number of rotatable bonds is 6. The Balaban J connectivity index is 1.66. The molecule has 1 fully saturated rings. The zero-order chi connectivity index (χ0) is 13.9. The van der Waals surface area contributed by atoms with Crippen LogP contribution < -0.4 is 10.1 Å². The molecule has 0 amide bonds. The first-order valence-electron chi connectivity index (χ1n) is 6.58. The highest BCUT2D eigenvalue weighted by molar-refractivity contribution is 9.10. The van der Waals surface area contributed by atoms with Crippen LogP contribution in [-0.2, 0) is 13.2 Å². The van der Waals surface area contributed by atoms with Crippen LogP contribution in [0.1, 0.15) is 23.3 Å². The zero-order valence-corrected chi connectivity index (χ0v) is 14.9. The van der Waals surface area contributed by atoms with Crippen molar-refractivity contribution in [2.24, 2.45) is 0 Å². The van der Waals surface area contributed by atoms with E-state index >= 15 is 0 Å². The van der Waals surface area contributed by atoms with Gasteiger partial charge in [0.25, 0.3) is 0 Å². The molecule has 0 saturated heterocycles. The first-order valence-corrected chi connectivity index (χ1v) is 9.05. The van der Waals surface area contributed by atoms with Crippen LogP contribution in [-0.4, -0.2) is 6.04 Å². The summed E-state index contributed by atoms with van der Waals surface area (Å²) in [4.78, 5) is 1.22. The molecule has 20 heavy (non-hydrogen) atoms. The molecule has 1 aliphatic rings. The van der Waals surface area contributed by atoms with E-state index in [0.29, 0.717) is 12.6 Å². The van der Waals surface area contributed by atoms with Gasteiger partial charge in [0.2, 0.25) is 0 Å². The van der Waals surface area contributed by atoms with Crippen molar-refractivity contribution in [3.63, 3.8) is 0 Å². The topological polar surface area (TPSA) is 21.3 Å². The summed E-state index contributed by atoms with van der Waals surface area (Å²) in [5.74, 6) is 0.964. The predicted molar refractivity (Wildman–Crippen MR) is 90.4 cm³/mol. The summed E-state index contributed by atoms with van der Waals surface area (Å²) in [5.41, 5.74) is 1.21. The molecule has 2 aromatic rings. The average molecular weight is 417 g/mol. The maximum Gasteiger partial charge on any atom is 0.124 e. The van der Waals surface area contributed by atoms with Crippen LogP contribution in [0, 0.1) is 0 Å². The van der Waals surface area contributed by atoms with Crippen LogP contribution in [0.15, 0.2) is 38.6 Å².